The predicted octanol–water partition coefficient (Wildman–Crippen LogP) is 5.16. The van der Waals surface area contributed by atoms with Crippen molar-refractivity contribution in [1.82, 2.24) is 0 Å². The Morgan fingerprint density at radius 2 is 2.05 bits per heavy atom. The maximum absolute atomic E-state index is 5.39. The minimum absolute atomic E-state index is 0.904. The minimum Gasteiger partial charge on any atom is -0.497 e. The van der Waals surface area contributed by atoms with Crippen LogP contribution in [0.2, 0.25) is 0 Å². The molecule has 0 N–H and O–H groups in total. The van der Waals surface area contributed by atoms with Gasteiger partial charge >= 0.3 is 0 Å². The van der Waals surface area contributed by atoms with Crippen LogP contribution in [0.3, 0.4) is 0 Å². The second kappa shape index (κ2) is 6.27. The molecule has 2 aromatic carbocycles. The zero-order chi connectivity index (χ0) is 14.7. The first kappa shape index (κ1) is 14.1. The number of allylic oxidation sites excluding steroid dienone is 1. The lowest BCUT2D eigenvalue weighted by atomic mass is 10.0. The molecule has 0 fully saturated rings. The topological polar surface area (TPSA) is 12.5 Å². The standard InChI is InChI=1S/C18H19NOS/c1-3-4-7-12-19-17-11-10-14(20-2)13-16(17)15-8-5-6-9-18(15)21-19/h3,5-6,8-11,13H,1,4,7,12H2,2H3. The fourth-order valence-electron chi connectivity index (χ4n) is 2.56. The molecule has 1 aliphatic rings. The maximum atomic E-state index is 5.39. The second-order valence-corrected chi connectivity index (χ2v) is 6.07. The zero-order valence-electron chi connectivity index (χ0n) is 12.2. The minimum atomic E-state index is 0.904. The molecule has 0 aromatic heterocycles. The Labute approximate surface area is 130 Å². The number of ether oxygens (including phenoxy) is 1. The predicted molar refractivity (Wildman–Crippen MR) is 91.1 cm³/mol. The molecule has 2 aromatic rings. The highest BCUT2D eigenvalue weighted by atomic mass is 32.2. The van der Waals surface area contributed by atoms with E-state index in [1.54, 1.807) is 7.11 Å². The summed E-state index contributed by atoms with van der Waals surface area (Å²) >= 11 is 1.82. The lowest BCUT2D eigenvalue weighted by Gasteiger charge is -2.31. The van der Waals surface area contributed by atoms with Crippen molar-refractivity contribution in [1.29, 1.82) is 0 Å². The second-order valence-electron chi connectivity index (χ2n) is 5.00. The van der Waals surface area contributed by atoms with Gasteiger partial charge in [0.15, 0.2) is 0 Å². The van der Waals surface area contributed by atoms with E-state index in [1.165, 1.54) is 21.7 Å². The van der Waals surface area contributed by atoms with Crippen LogP contribution in [0.1, 0.15) is 12.8 Å². The number of anilines is 1. The van der Waals surface area contributed by atoms with Crippen molar-refractivity contribution in [3.05, 3.63) is 55.1 Å². The third kappa shape index (κ3) is 2.79. The molecule has 1 aliphatic heterocycles. The number of nitrogens with zero attached hydrogens (tertiary/aromatic N) is 1. The molecule has 0 atom stereocenters. The van der Waals surface area contributed by atoms with E-state index >= 15 is 0 Å². The normalized spacial score (nSPS) is 12.5. The van der Waals surface area contributed by atoms with Crippen molar-refractivity contribution in [3.63, 3.8) is 0 Å². The van der Waals surface area contributed by atoms with Gasteiger partial charge in [-0.3, -0.25) is 0 Å². The average molecular weight is 297 g/mol. The van der Waals surface area contributed by atoms with Gasteiger partial charge in [-0.2, -0.15) is 0 Å². The van der Waals surface area contributed by atoms with Crippen LogP contribution in [0.15, 0.2) is 60.0 Å². The van der Waals surface area contributed by atoms with Crippen LogP contribution in [0, 0.1) is 0 Å². The monoisotopic (exact) mass is 297 g/mol. The number of methoxy groups -OCH3 is 1. The van der Waals surface area contributed by atoms with Gasteiger partial charge in [0.25, 0.3) is 0 Å². The van der Waals surface area contributed by atoms with Crippen LogP contribution in [-0.4, -0.2) is 13.7 Å². The summed E-state index contributed by atoms with van der Waals surface area (Å²) in [6.07, 6.45) is 4.14. The van der Waals surface area contributed by atoms with Gasteiger partial charge in [0.1, 0.15) is 5.75 Å². The smallest absolute Gasteiger partial charge is 0.119 e. The van der Waals surface area contributed by atoms with Crippen LogP contribution in [0.4, 0.5) is 5.69 Å². The Bertz CT molecular complexity index is 653. The first-order valence-electron chi connectivity index (χ1n) is 7.17. The van der Waals surface area contributed by atoms with Crippen molar-refractivity contribution in [2.24, 2.45) is 0 Å². The summed E-state index contributed by atoms with van der Waals surface area (Å²) < 4.78 is 7.77. The summed E-state index contributed by atoms with van der Waals surface area (Å²) in [4.78, 5) is 1.30. The number of unbranched alkanes of at least 4 members (excludes halogenated alkanes) is 1. The molecule has 0 aliphatic carbocycles. The first-order valence-corrected chi connectivity index (χ1v) is 7.94. The van der Waals surface area contributed by atoms with Crippen LogP contribution in [0.5, 0.6) is 5.75 Å². The molecule has 2 nitrogen and oxygen atoms in total. The van der Waals surface area contributed by atoms with Crippen LogP contribution < -0.4 is 9.04 Å². The van der Waals surface area contributed by atoms with E-state index in [0.29, 0.717) is 0 Å². The Morgan fingerprint density at radius 1 is 1.19 bits per heavy atom. The molecule has 108 valence electrons. The molecule has 0 spiro atoms. The molecular weight excluding hydrogens is 278 g/mol. The number of hydrogen-bond acceptors (Lipinski definition) is 3. The van der Waals surface area contributed by atoms with Crippen molar-refractivity contribution >= 4 is 17.6 Å². The first-order chi connectivity index (χ1) is 10.3. The van der Waals surface area contributed by atoms with Gasteiger partial charge in [0.2, 0.25) is 0 Å². The Balaban J connectivity index is 2.01. The van der Waals surface area contributed by atoms with E-state index in [2.05, 4.69) is 47.3 Å². The van der Waals surface area contributed by atoms with Gasteiger partial charge in [-0.25, -0.2) is 0 Å². The third-order valence-electron chi connectivity index (χ3n) is 3.63. The highest BCUT2D eigenvalue weighted by Crippen LogP contribution is 2.47. The van der Waals surface area contributed by atoms with E-state index in [4.69, 9.17) is 4.74 Å². The summed E-state index contributed by atoms with van der Waals surface area (Å²) in [6, 6.07) is 14.9. The molecular formula is C18H19NOS. The summed E-state index contributed by atoms with van der Waals surface area (Å²) in [5.74, 6) is 0.904. The molecule has 0 amide bonds. The maximum Gasteiger partial charge on any atom is 0.119 e. The average Bonchev–Trinajstić information content (AvgIpc) is 2.54. The van der Waals surface area contributed by atoms with E-state index in [0.717, 1.165) is 25.1 Å². The van der Waals surface area contributed by atoms with Gasteiger partial charge in [0, 0.05) is 17.0 Å². The largest absolute Gasteiger partial charge is 0.497 e. The van der Waals surface area contributed by atoms with Crippen molar-refractivity contribution in [2.75, 3.05) is 18.0 Å². The molecule has 3 rings (SSSR count). The van der Waals surface area contributed by atoms with Gasteiger partial charge in [-0.15, -0.1) is 6.58 Å². The number of rotatable bonds is 5. The van der Waals surface area contributed by atoms with E-state index in [-0.39, 0.29) is 0 Å². The van der Waals surface area contributed by atoms with Crippen LogP contribution in [-0.2, 0) is 0 Å². The van der Waals surface area contributed by atoms with Crippen LogP contribution >= 0.6 is 11.9 Å². The van der Waals surface area contributed by atoms with Crippen molar-refractivity contribution in [3.8, 4) is 16.9 Å². The summed E-state index contributed by atoms with van der Waals surface area (Å²) in [6.45, 7) is 4.82. The fourth-order valence-corrected chi connectivity index (χ4v) is 3.69. The number of fused-ring (bicyclic) bond motifs is 3. The lowest BCUT2D eigenvalue weighted by Crippen LogP contribution is -2.19. The van der Waals surface area contributed by atoms with Crippen molar-refractivity contribution < 1.29 is 4.74 Å². The van der Waals surface area contributed by atoms with Crippen molar-refractivity contribution in [2.45, 2.75) is 17.7 Å². The Morgan fingerprint density at radius 3 is 2.86 bits per heavy atom. The Hall–Kier alpha value is -1.87. The Kier molecular flexibility index (Phi) is 4.20. The molecule has 1 heterocycles. The van der Waals surface area contributed by atoms with Gasteiger partial charge in [-0.05, 0) is 54.6 Å². The SMILES string of the molecule is C=CCCCN1Sc2ccccc2-c2cc(OC)ccc21. The molecule has 0 saturated carbocycles. The van der Waals surface area contributed by atoms with Crippen LogP contribution in [0.25, 0.3) is 11.1 Å². The van der Waals surface area contributed by atoms with E-state index in [9.17, 15) is 0 Å². The summed E-state index contributed by atoms with van der Waals surface area (Å²) in [7, 11) is 1.72. The number of hydrogen-bond donors (Lipinski definition) is 0. The lowest BCUT2D eigenvalue weighted by molar-refractivity contribution is 0.415. The van der Waals surface area contributed by atoms with E-state index < -0.39 is 0 Å². The molecule has 0 bridgehead atoms. The summed E-state index contributed by atoms with van der Waals surface area (Å²) in [5, 5.41) is 0. The van der Waals surface area contributed by atoms with Gasteiger partial charge in [-0.1, -0.05) is 24.3 Å². The van der Waals surface area contributed by atoms with Gasteiger partial charge < -0.3 is 9.04 Å². The van der Waals surface area contributed by atoms with E-state index in [1.807, 2.05) is 24.1 Å². The zero-order valence-corrected chi connectivity index (χ0v) is 13.0. The third-order valence-corrected chi connectivity index (χ3v) is 4.78. The summed E-state index contributed by atoms with van der Waals surface area (Å²) in [5.41, 5.74) is 3.81. The molecule has 21 heavy (non-hydrogen) atoms. The highest BCUT2D eigenvalue weighted by Gasteiger charge is 2.22. The highest BCUT2D eigenvalue weighted by molar-refractivity contribution is 8.01. The van der Waals surface area contributed by atoms with Gasteiger partial charge in [0.05, 0.1) is 12.8 Å². The molecule has 0 saturated heterocycles. The fraction of sp³-hybridized carbons (Fsp3) is 0.222. The number of benzene rings is 2. The quantitative estimate of drug-likeness (QED) is 0.430. The molecule has 3 heteroatoms. The molecule has 0 unspecified atom stereocenters. The molecule has 0 radical (unpaired) electrons.